The fourth-order valence-electron chi connectivity index (χ4n) is 1.85. The Hall–Kier alpha value is -0.930. The van der Waals surface area contributed by atoms with Gasteiger partial charge in [-0.25, -0.2) is 0 Å². The lowest BCUT2D eigenvalue weighted by Gasteiger charge is -2.18. The molecule has 0 spiro atoms. The van der Waals surface area contributed by atoms with E-state index in [1.54, 1.807) is 0 Å². The second-order valence-electron chi connectivity index (χ2n) is 4.03. The summed E-state index contributed by atoms with van der Waals surface area (Å²) in [4.78, 5) is 11.9. The number of nitrogens with zero attached hydrogens (tertiary/aromatic N) is 1. The number of hydrogen-bond acceptors (Lipinski definition) is 6. The zero-order valence-corrected chi connectivity index (χ0v) is 10.8. The van der Waals surface area contributed by atoms with Crippen LogP contribution >= 0.6 is 15.9 Å². The Morgan fingerprint density at radius 2 is 2.11 bits per heavy atom. The van der Waals surface area contributed by atoms with Gasteiger partial charge in [0.1, 0.15) is 22.8 Å². The van der Waals surface area contributed by atoms with Crippen molar-refractivity contribution < 1.29 is 20.1 Å². The van der Waals surface area contributed by atoms with E-state index in [2.05, 4.69) is 15.9 Å². The summed E-state index contributed by atoms with van der Waals surface area (Å²) in [5.41, 5.74) is 5.34. The Labute approximate surface area is 111 Å². The minimum absolute atomic E-state index is 0.155. The molecule has 5 N–H and O–H groups in total. The normalized spacial score (nSPS) is 31.8. The van der Waals surface area contributed by atoms with E-state index in [9.17, 15) is 15.0 Å². The Kier molecular flexibility index (Phi) is 3.74. The molecular weight excluding hydrogens is 308 g/mol. The summed E-state index contributed by atoms with van der Waals surface area (Å²) < 4.78 is 6.52. The molecule has 4 atom stereocenters. The van der Waals surface area contributed by atoms with E-state index in [1.807, 2.05) is 0 Å². The van der Waals surface area contributed by atoms with Crippen molar-refractivity contribution in [1.29, 1.82) is 0 Å². The van der Waals surface area contributed by atoms with E-state index in [4.69, 9.17) is 15.6 Å². The molecule has 0 amide bonds. The SMILES string of the molecule is Nc1ccn([C@@H]2O[C@H](CO)[C@@H](O)[C@H]2O)c(=O)c1Br. The largest absolute Gasteiger partial charge is 0.398 e. The summed E-state index contributed by atoms with van der Waals surface area (Å²) in [5.74, 6) is 0. The van der Waals surface area contributed by atoms with Gasteiger partial charge >= 0.3 is 0 Å². The summed E-state index contributed by atoms with van der Waals surface area (Å²) in [6, 6.07) is 1.47. The average molecular weight is 321 g/mol. The van der Waals surface area contributed by atoms with Crippen molar-refractivity contribution in [2.24, 2.45) is 0 Å². The topological polar surface area (TPSA) is 118 Å². The standard InChI is InChI=1S/C10H13BrN2O5/c11-6-4(12)1-2-13(9(6)17)10-8(16)7(15)5(3-14)18-10/h1-2,5,7-8,10,14-16H,3,12H2/t5-,7-,8-,10-/m1/s1. The molecule has 0 unspecified atom stereocenters. The van der Waals surface area contributed by atoms with Crippen LogP contribution in [0.5, 0.6) is 0 Å². The van der Waals surface area contributed by atoms with Crippen LogP contribution in [0.3, 0.4) is 0 Å². The van der Waals surface area contributed by atoms with Crippen LogP contribution in [0.2, 0.25) is 0 Å². The van der Waals surface area contributed by atoms with Gasteiger partial charge in [0.15, 0.2) is 6.23 Å². The zero-order chi connectivity index (χ0) is 13.4. The van der Waals surface area contributed by atoms with E-state index in [-0.39, 0.29) is 10.2 Å². The molecule has 1 fully saturated rings. The molecule has 7 nitrogen and oxygen atoms in total. The maximum atomic E-state index is 11.9. The van der Waals surface area contributed by atoms with Crippen molar-refractivity contribution in [3.05, 3.63) is 27.1 Å². The molecule has 1 aromatic heterocycles. The smallest absolute Gasteiger partial charge is 0.269 e. The number of nitrogen functional groups attached to an aromatic ring is 1. The lowest BCUT2D eigenvalue weighted by molar-refractivity contribution is -0.0544. The maximum Gasteiger partial charge on any atom is 0.269 e. The van der Waals surface area contributed by atoms with E-state index >= 15 is 0 Å². The number of rotatable bonds is 2. The number of hydrogen-bond donors (Lipinski definition) is 4. The van der Waals surface area contributed by atoms with Crippen LogP contribution in [0.25, 0.3) is 0 Å². The van der Waals surface area contributed by atoms with Crippen LogP contribution in [0.15, 0.2) is 21.5 Å². The molecule has 1 aromatic rings. The third-order valence-corrected chi connectivity index (χ3v) is 3.68. The summed E-state index contributed by atoms with van der Waals surface area (Å²) in [6.07, 6.45) is -3.16. The third kappa shape index (κ3) is 2.06. The fraction of sp³-hybridized carbons (Fsp3) is 0.500. The molecular formula is C10H13BrN2O5. The number of ether oxygens (including phenoxy) is 1. The van der Waals surface area contributed by atoms with E-state index in [0.717, 1.165) is 4.57 Å². The predicted molar refractivity (Wildman–Crippen MR) is 65.8 cm³/mol. The number of aliphatic hydroxyl groups is 3. The fourth-order valence-corrected chi connectivity index (χ4v) is 2.19. The number of anilines is 1. The lowest BCUT2D eigenvalue weighted by Crippen LogP contribution is -2.35. The molecule has 8 heteroatoms. The summed E-state index contributed by atoms with van der Waals surface area (Å²) >= 11 is 3.04. The number of aromatic nitrogens is 1. The molecule has 1 saturated heterocycles. The number of aliphatic hydroxyl groups excluding tert-OH is 3. The van der Waals surface area contributed by atoms with Crippen LogP contribution < -0.4 is 11.3 Å². The van der Waals surface area contributed by atoms with Crippen molar-refractivity contribution in [3.8, 4) is 0 Å². The first kappa shape index (κ1) is 13.5. The van der Waals surface area contributed by atoms with Gasteiger partial charge in [0.25, 0.3) is 5.56 Å². The Morgan fingerprint density at radius 3 is 2.67 bits per heavy atom. The van der Waals surface area contributed by atoms with Gasteiger partial charge in [-0.2, -0.15) is 0 Å². The summed E-state index contributed by atoms with van der Waals surface area (Å²) in [6.45, 7) is -0.445. The highest BCUT2D eigenvalue weighted by atomic mass is 79.9. The molecule has 2 heterocycles. The number of pyridine rings is 1. The molecule has 1 aliphatic rings. The van der Waals surface area contributed by atoms with Gasteiger partial charge in [0.05, 0.1) is 12.3 Å². The molecule has 0 saturated carbocycles. The third-order valence-electron chi connectivity index (χ3n) is 2.88. The highest BCUT2D eigenvalue weighted by molar-refractivity contribution is 9.10. The van der Waals surface area contributed by atoms with Gasteiger partial charge in [-0.3, -0.25) is 9.36 Å². The summed E-state index contributed by atoms with van der Waals surface area (Å²) in [7, 11) is 0. The Balaban J connectivity index is 2.39. The first-order chi connectivity index (χ1) is 8.47. The number of halogens is 1. The van der Waals surface area contributed by atoms with Gasteiger partial charge in [0.2, 0.25) is 0 Å². The van der Waals surface area contributed by atoms with Crippen LogP contribution in [0.4, 0.5) is 5.69 Å². The lowest BCUT2D eigenvalue weighted by atomic mass is 10.1. The summed E-state index contributed by atoms with van der Waals surface area (Å²) in [5, 5.41) is 28.4. The van der Waals surface area contributed by atoms with E-state index in [1.165, 1.54) is 12.3 Å². The second-order valence-corrected chi connectivity index (χ2v) is 4.82. The van der Waals surface area contributed by atoms with Crippen molar-refractivity contribution in [1.82, 2.24) is 4.57 Å². The first-order valence-corrected chi connectivity index (χ1v) is 6.05. The van der Waals surface area contributed by atoms with Crippen LogP contribution in [-0.2, 0) is 4.74 Å². The highest BCUT2D eigenvalue weighted by Gasteiger charge is 2.43. The van der Waals surface area contributed by atoms with Crippen molar-refractivity contribution in [2.45, 2.75) is 24.5 Å². The molecule has 0 aliphatic carbocycles. The Morgan fingerprint density at radius 1 is 1.44 bits per heavy atom. The van der Waals surface area contributed by atoms with Crippen LogP contribution in [0.1, 0.15) is 6.23 Å². The Bertz CT molecular complexity index is 506. The monoisotopic (exact) mass is 320 g/mol. The van der Waals surface area contributed by atoms with Crippen molar-refractivity contribution in [3.63, 3.8) is 0 Å². The van der Waals surface area contributed by atoms with Gasteiger partial charge in [0, 0.05) is 6.20 Å². The van der Waals surface area contributed by atoms with Crippen LogP contribution in [-0.4, -0.2) is 44.8 Å². The molecule has 0 radical (unpaired) electrons. The van der Waals surface area contributed by atoms with Gasteiger partial charge in [-0.15, -0.1) is 0 Å². The van der Waals surface area contributed by atoms with Crippen molar-refractivity contribution in [2.75, 3.05) is 12.3 Å². The minimum atomic E-state index is -1.30. The maximum absolute atomic E-state index is 11.9. The minimum Gasteiger partial charge on any atom is -0.398 e. The molecule has 100 valence electrons. The van der Waals surface area contributed by atoms with Gasteiger partial charge in [-0.05, 0) is 22.0 Å². The molecule has 0 aromatic carbocycles. The molecule has 1 aliphatic heterocycles. The molecule has 2 rings (SSSR count). The molecule has 18 heavy (non-hydrogen) atoms. The van der Waals surface area contributed by atoms with Gasteiger partial charge in [-0.1, -0.05) is 0 Å². The predicted octanol–water partition coefficient (Wildman–Crippen LogP) is -1.20. The number of nitrogens with two attached hydrogens (primary N) is 1. The second kappa shape index (κ2) is 4.98. The van der Waals surface area contributed by atoms with Crippen LogP contribution in [0, 0.1) is 0 Å². The first-order valence-electron chi connectivity index (χ1n) is 5.26. The van der Waals surface area contributed by atoms with E-state index in [0.29, 0.717) is 0 Å². The van der Waals surface area contributed by atoms with Gasteiger partial charge < -0.3 is 25.8 Å². The molecule has 0 bridgehead atoms. The zero-order valence-electron chi connectivity index (χ0n) is 9.23. The van der Waals surface area contributed by atoms with E-state index < -0.39 is 36.7 Å². The highest BCUT2D eigenvalue weighted by Crippen LogP contribution is 2.29. The average Bonchev–Trinajstić information content (AvgIpc) is 2.64. The van der Waals surface area contributed by atoms with Crippen molar-refractivity contribution >= 4 is 21.6 Å². The quantitative estimate of drug-likeness (QED) is 0.544.